The number of allylic oxidation sites excluding steroid dienone is 4. The van der Waals surface area contributed by atoms with E-state index in [1.165, 1.54) is 23.1 Å². The lowest BCUT2D eigenvalue weighted by molar-refractivity contribution is 0.0919. The Morgan fingerprint density at radius 1 is 1.42 bits per heavy atom. The Morgan fingerprint density at radius 2 is 2.08 bits per heavy atom. The van der Waals surface area contributed by atoms with Crippen LogP contribution in [0.5, 0.6) is 0 Å². The Balaban J connectivity index is 2.67. The summed E-state index contributed by atoms with van der Waals surface area (Å²) in [4.78, 5) is 16.7. The molecule has 0 spiro atoms. The third-order valence-electron chi connectivity index (χ3n) is 3.54. The molecule has 2 heterocycles. The van der Waals surface area contributed by atoms with Gasteiger partial charge in [-0.05, 0) is 39.3 Å². The summed E-state index contributed by atoms with van der Waals surface area (Å²) in [5, 5.41) is 6.93. The van der Waals surface area contributed by atoms with Gasteiger partial charge in [-0.15, -0.1) is 0 Å². The molecule has 0 fully saturated rings. The normalized spacial score (nSPS) is 13.1. The molecule has 0 aliphatic rings. The lowest BCUT2D eigenvalue weighted by Gasteiger charge is -2.20. The first-order chi connectivity index (χ1) is 12.0. The fraction of sp³-hybridized carbons (Fsp3) is 0.278. The van der Waals surface area contributed by atoms with E-state index in [2.05, 4.69) is 22.0 Å². The van der Waals surface area contributed by atoms with Crippen LogP contribution in [0, 0.1) is 0 Å². The van der Waals surface area contributed by atoms with Gasteiger partial charge in [0.1, 0.15) is 17.7 Å². The van der Waals surface area contributed by atoms with Gasteiger partial charge in [-0.25, -0.2) is 13.9 Å². The van der Waals surface area contributed by atoms with Crippen LogP contribution >= 0.6 is 0 Å². The van der Waals surface area contributed by atoms with Crippen LogP contribution < -0.4 is 16.8 Å². The number of fused-ring (bicyclic) bond motifs is 1. The van der Waals surface area contributed by atoms with E-state index in [9.17, 15) is 9.18 Å². The summed E-state index contributed by atoms with van der Waals surface area (Å²) in [6, 6.07) is 0. The van der Waals surface area contributed by atoms with Crippen molar-refractivity contribution in [3.05, 3.63) is 53.9 Å². The van der Waals surface area contributed by atoms with Crippen molar-refractivity contribution < 1.29 is 9.18 Å². The number of nitrogens with one attached hydrogen (secondary N) is 1. The summed E-state index contributed by atoms with van der Waals surface area (Å²) in [5.74, 6) is -0.861. The molecule has 2 aromatic rings. The van der Waals surface area contributed by atoms with E-state index in [0.717, 1.165) is 6.08 Å². The van der Waals surface area contributed by atoms with Crippen LogP contribution in [0.25, 0.3) is 11.1 Å². The molecule has 8 heteroatoms. The molecular formula is C18H23FN6O. The highest BCUT2D eigenvalue weighted by Crippen LogP contribution is 2.30. The second-order valence-corrected chi connectivity index (χ2v) is 6.82. The topological polar surface area (TPSA) is 111 Å². The van der Waals surface area contributed by atoms with E-state index in [0.29, 0.717) is 11.1 Å². The largest absolute Gasteiger partial charge is 0.397 e. The van der Waals surface area contributed by atoms with Gasteiger partial charge in [-0.2, -0.15) is 5.10 Å². The van der Waals surface area contributed by atoms with Gasteiger partial charge in [-0.3, -0.25) is 4.79 Å². The van der Waals surface area contributed by atoms with Gasteiger partial charge in [0.15, 0.2) is 5.82 Å². The zero-order valence-corrected chi connectivity index (χ0v) is 15.3. The van der Waals surface area contributed by atoms with Crippen LogP contribution in [0.2, 0.25) is 0 Å². The SMILES string of the molecule is C=C(/C=C(F)\C(N)=C/C)c1c(C(=O)NC(C)(C)C)cn2ncnc(N)c12. The van der Waals surface area contributed by atoms with E-state index in [1.807, 2.05) is 20.8 Å². The van der Waals surface area contributed by atoms with Crippen molar-refractivity contribution >= 4 is 22.8 Å². The molecule has 0 saturated heterocycles. The summed E-state index contributed by atoms with van der Waals surface area (Å²) < 4.78 is 15.6. The highest BCUT2D eigenvalue weighted by Gasteiger charge is 2.24. The van der Waals surface area contributed by atoms with Crippen molar-refractivity contribution in [1.29, 1.82) is 0 Å². The van der Waals surface area contributed by atoms with Gasteiger partial charge in [-0.1, -0.05) is 12.7 Å². The third-order valence-corrected chi connectivity index (χ3v) is 3.54. The number of nitrogens with zero attached hydrogens (tertiary/aromatic N) is 3. The maximum absolute atomic E-state index is 14.2. The number of rotatable bonds is 4. The summed E-state index contributed by atoms with van der Waals surface area (Å²) in [7, 11) is 0. The number of aromatic nitrogens is 3. The van der Waals surface area contributed by atoms with Crippen molar-refractivity contribution in [3.8, 4) is 0 Å². The molecule has 1 amide bonds. The number of nitrogen functional groups attached to an aromatic ring is 1. The summed E-state index contributed by atoms with van der Waals surface area (Å²) in [6.45, 7) is 11.1. The van der Waals surface area contributed by atoms with Crippen LogP contribution in [0.3, 0.4) is 0 Å². The first-order valence-corrected chi connectivity index (χ1v) is 7.98. The summed E-state index contributed by atoms with van der Waals surface area (Å²) in [6.07, 6.45) is 5.38. The van der Waals surface area contributed by atoms with Crippen LogP contribution in [0.15, 0.2) is 42.8 Å². The molecule has 26 heavy (non-hydrogen) atoms. The molecule has 0 aliphatic carbocycles. The standard InChI is InChI=1S/C18H23FN6O/c1-6-13(20)12(19)7-10(2)14-11(17(26)24-18(3,4)5)8-25-15(14)16(21)22-9-23-25/h6-9H,2,20H2,1,3-5H3,(H,24,26)(H2,21,22,23)/b12-7+,13-6+. The second kappa shape index (κ2) is 6.99. The highest BCUT2D eigenvalue weighted by atomic mass is 19.1. The number of hydrogen-bond acceptors (Lipinski definition) is 5. The number of hydrogen-bond donors (Lipinski definition) is 3. The fourth-order valence-electron chi connectivity index (χ4n) is 2.39. The Morgan fingerprint density at radius 3 is 2.65 bits per heavy atom. The number of carbonyl (C=O) groups excluding carboxylic acids is 1. The van der Waals surface area contributed by atoms with Crippen molar-refractivity contribution in [2.45, 2.75) is 33.2 Å². The van der Waals surface area contributed by atoms with Gasteiger partial charge in [0.2, 0.25) is 0 Å². The molecule has 0 bridgehead atoms. The molecule has 0 aromatic carbocycles. The van der Waals surface area contributed by atoms with Crippen LogP contribution in [-0.4, -0.2) is 26.0 Å². The second-order valence-electron chi connectivity index (χ2n) is 6.82. The van der Waals surface area contributed by atoms with Gasteiger partial charge >= 0.3 is 0 Å². The number of nitrogens with two attached hydrogens (primary N) is 2. The molecule has 7 nitrogen and oxygen atoms in total. The highest BCUT2D eigenvalue weighted by molar-refractivity contribution is 6.05. The fourth-order valence-corrected chi connectivity index (χ4v) is 2.39. The molecule has 138 valence electrons. The summed E-state index contributed by atoms with van der Waals surface area (Å²) in [5.41, 5.74) is 12.3. The molecule has 0 aliphatic heterocycles. The predicted octanol–water partition coefficient (Wildman–Crippen LogP) is 2.57. The molecule has 2 rings (SSSR count). The average Bonchev–Trinajstić information content (AvgIpc) is 2.93. The Hall–Kier alpha value is -3.16. The molecule has 0 radical (unpaired) electrons. The van der Waals surface area contributed by atoms with E-state index >= 15 is 0 Å². The number of carbonyl (C=O) groups is 1. The zero-order chi connectivity index (χ0) is 19.6. The van der Waals surface area contributed by atoms with Crippen LogP contribution in [-0.2, 0) is 0 Å². The first-order valence-electron chi connectivity index (χ1n) is 7.98. The van der Waals surface area contributed by atoms with E-state index in [-0.39, 0.29) is 28.6 Å². The number of anilines is 1. The molecule has 2 aromatic heterocycles. The minimum Gasteiger partial charge on any atom is -0.397 e. The number of amides is 1. The molecular weight excluding hydrogens is 335 g/mol. The van der Waals surface area contributed by atoms with Crippen molar-refractivity contribution in [1.82, 2.24) is 19.9 Å². The lowest BCUT2D eigenvalue weighted by atomic mass is 10.0. The smallest absolute Gasteiger partial charge is 0.253 e. The van der Waals surface area contributed by atoms with Gasteiger partial charge in [0.25, 0.3) is 5.91 Å². The van der Waals surface area contributed by atoms with E-state index in [4.69, 9.17) is 11.5 Å². The minimum absolute atomic E-state index is 0.0282. The zero-order valence-electron chi connectivity index (χ0n) is 15.3. The van der Waals surface area contributed by atoms with Crippen molar-refractivity contribution in [3.63, 3.8) is 0 Å². The molecule has 0 saturated carbocycles. The van der Waals surface area contributed by atoms with Crippen LogP contribution in [0.1, 0.15) is 43.6 Å². The van der Waals surface area contributed by atoms with Gasteiger partial charge < -0.3 is 16.8 Å². The minimum atomic E-state index is -0.658. The van der Waals surface area contributed by atoms with E-state index < -0.39 is 11.4 Å². The van der Waals surface area contributed by atoms with Crippen molar-refractivity contribution in [2.75, 3.05) is 5.73 Å². The summed E-state index contributed by atoms with van der Waals surface area (Å²) >= 11 is 0. The molecule has 0 atom stereocenters. The predicted molar refractivity (Wildman–Crippen MR) is 101 cm³/mol. The maximum atomic E-state index is 14.2. The molecule has 0 unspecified atom stereocenters. The van der Waals surface area contributed by atoms with E-state index in [1.54, 1.807) is 6.92 Å². The third kappa shape index (κ3) is 3.90. The Kier molecular flexibility index (Phi) is 5.15. The Labute approximate surface area is 151 Å². The van der Waals surface area contributed by atoms with Crippen LogP contribution in [0.4, 0.5) is 10.2 Å². The number of halogens is 1. The molecule has 5 N–H and O–H groups in total. The monoisotopic (exact) mass is 358 g/mol. The maximum Gasteiger partial charge on any atom is 0.253 e. The Bertz CT molecular complexity index is 933. The van der Waals surface area contributed by atoms with Crippen molar-refractivity contribution in [2.24, 2.45) is 5.73 Å². The van der Waals surface area contributed by atoms with Gasteiger partial charge in [0.05, 0.1) is 11.3 Å². The average molecular weight is 358 g/mol. The van der Waals surface area contributed by atoms with Gasteiger partial charge in [0, 0.05) is 17.3 Å². The quantitative estimate of drug-likeness (QED) is 0.727. The lowest BCUT2D eigenvalue weighted by Crippen LogP contribution is -2.40. The first kappa shape index (κ1) is 19.2.